The van der Waals surface area contributed by atoms with Crippen molar-refractivity contribution in [3.63, 3.8) is 0 Å². The minimum absolute atomic E-state index is 1.02. The van der Waals surface area contributed by atoms with E-state index in [1.807, 2.05) is 42.5 Å². The molecule has 0 amide bonds. The quantitative estimate of drug-likeness (QED) is 0.582. The highest BCUT2D eigenvalue weighted by atomic mass is 32.2. The first-order valence-corrected chi connectivity index (χ1v) is 7.63. The molecule has 0 aliphatic rings. The van der Waals surface area contributed by atoms with E-state index >= 15 is 0 Å². The van der Waals surface area contributed by atoms with Gasteiger partial charge < -0.3 is 0 Å². The lowest BCUT2D eigenvalue weighted by atomic mass is 10.4. The van der Waals surface area contributed by atoms with Crippen molar-refractivity contribution in [1.29, 1.82) is 0 Å². The Labute approximate surface area is 130 Å². The second-order valence-electron chi connectivity index (χ2n) is 4.06. The maximum Gasteiger partial charge on any atom is 0.0122 e. The second kappa shape index (κ2) is 8.51. The van der Waals surface area contributed by atoms with Crippen LogP contribution in [0.15, 0.2) is 106 Å². The molecule has 0 heterocycles. The van der Waals surface area contributed by atoms with Crippen LogP contribution in [0.4, 0.5) is 0 Å². The summed E-state index contributed by atoms with van der Waals surface area (Å²) in [4.78, 5) is 3.59. The molecule has 0 nitrogen and oxygen atoms in total. The molecule has 0 radical (unpaired) electrons. The lowest BCUT2D eigenvalue weighted by Gasteiger charge is -1.99. The van der Waals surface area contributed by atoms with Crippen molar-refractivity contribution >= 4 is 24.4 Å². The van der Waals surface area contributed by atoms with Gasteiger partial charge in [0.05, 0.1) is 0 Å². The summed E-state index contributed by atoms with van der Waals surface area (Å²) >= 11 is 5.87. The molecule has 3 aromatic carbocycles. The van der Waals surface area contributed by atoms with Gasteiger partial charge in [-0.1, -0.05) is 66.4 Å². The van der Waals surface area contributed by atoms with E-state index in [0.717, 1.165) is 4.90 Å². The van der Waals surface area contributed by atoms with Crippen molar-refractivity contribution in [2.45, 2.75) is 14.7 Å². The monoisotopic (exact) mass is 296 g/mol. The van der Waals surface area contributed by atoms with Gasteiger partial charge in [0.1, 0.15) is 0 Å². The Hall–Kier alpha value is -1.64. The minimum Gasteiger partial charge on any atom is -0.143 e. The van der Waals surface area contributed by atoms with Gasteiger partial charge in [0.2, 0.25) is 0 Å². The van der Waals surface area contributed by atoms with E-state index in [9.17, 15) is 0 Å². The van der Waals surface area contributed by atoms with Gasteiger partial charge in [0, 0.05) is 14.7 Å². The summed E-state index contributed by atoms with van der Waals surface area (Å²) < 4.78 is 0. The van der Waals surface area contributed by atoms with Crippen LogP contribution in [0, 0.1) is 0 Å². The molecule has 3 aromatic rings. The van der Waals surface area contributed by atoms with Crippen molar-refractivity contribution in [2.24, 2.45) is 0 Å². The zero-order valence-corrected chi connectivity index (χ0v) is 12.7. The van der Waals surface area contributed by atoms with Crippen molar-refractivity contribution in [3.8, 4) is 0 Å². The average Bonchev–Trinajstić information content (AvgIpc) is 2.51. The van der Waals surface area contributed by atoms with Crippen LogP contribution in [0.2, 0.25) is 0 Å². The molecule has 0 atom stereocenters. The number of hydrogen-bond donors (Lipinski definition) is 1. The molecule has 0 bridgehead atoms. The van der Waals surface area contributed by atoms with Gasteiger partial charge in [-0.3, -0.25) is 0 Å². The van der Waals surface area contributed by atoms with Crippen LogP contribution < -0.4 is 0 Å². The Morgan fingerprint density at radius 3 is 1.15 bits per heavy atom. The van der Waals surface area contributed by atoms with Gasteiger partial charge in [0.25, 0.3) is 0 Å². The Morgan fingerprint density at radius 1 is 0.500 bits per heavy atom. The van der Waals surface area contributed by atoms with Crippen molar-refractivity contribution in [1.82, 2.24) is 0 Å². The molecule has 0 unspecified atom stereocenters. The zero-order valence-electron chi connectivity index (χ0n) is 11.0. The summed E-state index contributed by atoms with van der Waals surface area (Å²) in [6.45, 7) is 0. The Bertz CT molecular complexity index is 555. The second-order valence-corrected chi connectivity index (χ2v) is 5.73. The van der Waals surface area contributed by atoms with Crippen molar-refractivity contribution in [2.75, 3.05) is 0 Å². The third-order valence-corrected chi connectivity index (χ3v) is 3.79. The fourth-order valence-electron chi connectivity index (χ4n) is 1.54. The van der Waals surface area contributed by atoms with Gasteiger partial charge in [-0.05, 0) is 36.4 Å². The molecule has 0 fully saturated rings. The standard InChI is InChI=1S/C12H10S.C6H6S/c1-3-7-11(8-4-1)13-12-9-5-2-6-10-12;7-6-4-2-1-3-5-6/h1-10H;1-5,7H. The van der Waals surface area contributed by atoms with Crippen LogP contribution in [0.5, 0.6) is 0 Å². The van der Waals surface area contributed by atoms with Crippen LogP contribution in [0.25, 0.3) is 0 Å². The summed E-state index contributed by atoms with van der Waals surface area (Å²) in [6, 6.07) is 30.6. The molecule has 0 spiro atoms. The molecule has 2 heteroatoms. The lowest BCUT2D eigenvalue weighted by molar-refractivity contribution is 1.41. The molecule has 3 rings (SSSR count). The third-order valence-electron chi connectivity index (χ3n) is 2.48. The van der Waals surface area contributed by atoms with E-state index in [1.165, 1.54) is 9.79 Å². The fourth-order valence-corrected chi connectivity index (χ4v) is 2.57. The Balaban J connectivity index is 0.000000178. The van der Waals surface area contributed by atoms with E-state index in [0.29, 0.717) is 0 Å². The van der Waals surface area contributed by atoms with Gasteiger partial charge in [-0.25, -0.2) is 0 Å². The molecular formula is C18H16S2. The lowest BCUT2D eigenvalue weighted by Crippen LogP contribution is -1.70. The molecule has 0 aliphatic heterocycles. The van der Waals surface area contributed by atoms with Crippen LogP contribution in [-0.2, 0) is 0 Å². The van der Waals surface area contributed by atoms with Crippen LogP contribution in [0.3, 0.4) is 0 Å². The highest BCUT2D eigenvalue weighted by Gasteiger charge is 1.93. The first-order chi connectivity index (χ1) is 9.84. The minimum atomic E-state index is 1.02. The van der Waals surface area contributed by atoms with E-state index in [-0.39, 0.29) is 0 Å². The summed E-state index contributed by atoms with van der Waals surface area (Å²) in [5, 5.41) is 0. The summed E-state index contributed by atoms with van der Waals surface area (Å²) in [5.74, 6) is 0. The van der Waals surface area contributed by atoms with Crippen molar-refractivity contribution < 1.29 is 0 Å². The number of rotatable bonds is 2. The van der Waals surface area contributed by atoms with E-state index in [4.69, 9.17) is 0 Å². The van der Waals surface area contributed by atoms with Gasteiger partial charge in [0.15, 0.2) is 0 Å². The maximum absolute atomic E-state index is 4.08. The molecule has 100 valence electrons. The van der Waals surface area contributed by atoms with Gasteiger partial charge in [-0.2, -0.15) is 0 Å². The van der Waals surface area contributed by atoms with Crippen LogP contribution in [-0.4, -0.2) is 0 Å². The summed E-state index contributed by atoms with van der Waals surface area (Å²) in [7, 11) is 0. The molecule has 0 aromatic heterocycles. The molecule has 0 N–H and O–H groups in total. The van der Waals surface area contributed by atoms with Crippen LogP contribution >= 0.6 is 24.4 Å². The highest BCUT2D eigenvalue weighted by molar-refractivity contribution is 7.99. The number of thiol groups is 1. The van der Waals surface area contributed by atoms with Gasteiger partial charge >= 0.3 is 0 Å². The van der Waals surface area contributed by atoms with Crippen LogP contribution in [0.1, 0.15) is 0 Å². The molecule has 0 aliphatic carbocycles. The normalized spacial score (nSPS) is 9.45. The van der Waals surface area contributed by atoms with Gasteiger partial charge in [-0.15, -0.1) is 12.6 Å². The smallest absolute Gasteiger partial charge is 0.0122 e. The first kappa shape index (κ1) is 14.8. The Kier molecular flexibility index (Phi) is 6.28. The average molecular weight is 296 g/mol. The number of hydrogen-bond acceptors (Lipinski definition) is 2. The first-order valence-electron chi connectivity index (χ1n) is 6.36. The third kappa shape index (κ3) is 5.55. The molecule has 0 saturated carbocycles. The van der Waals surface area contributed by atoms with Crippen molar-refractivity contribution in [3.05, 3.63) is 91.0 Å². The molecule has 20 heavy (non-hydrogen) atoms. The largest absolute Gasteiger partial charge is 0.143 e. The summed E-state index contributed by atoms with van der Waals surface area (Å²) in [6.07, 6.45) is 0. The predicted octanol–water partition coefficient (Wildman–Crippen LogP) is 5.81. The fraction of sp³-hybridized carbons (Fsp3) is 0. The topological polar surface area (TPSA) is 0 Å². The summed E-state index contributed by atoms with van der Waals surface area (Å²) in [5.41, 5.74) is 0. The highest BCUT2D eigenvalue weighted by Crippen LogP contribution is 2.26. The predicted molar refractivity (Wildman–Crippen MR) is 90.7 cm³/mol. The number of benzene rings is 3. The van der Waals surface area contributed by atoms with E-state index < -0.39 is 0 Å². The SMILES string of the molecule is Sc1ccccc1.c1ccc(Sc2ccccc2)cc1. The Morgan fingerprint density at radius 2 is 0.850 bits per heavy atom. The maximum atomic E-state index is 4.08. The van der Waals surface area contributed by atoms with E-state index in [1.54, 1.807) is 11.8 Å². The van der Waals surface area contributed by atoms with E-state index in [2.05, 4.69) is 61.2 Å². The zero-order chi connectivity index (χ0) is 14.0. The molecule has 0 saturated heterocycles. The molecular weight excluding hydrogens is 280 g/mol.